The van der Waals surface area contributed by atoms with Gasteiger partial charge in [-0.05, 0) is 61.8 Å². The minimum atomic E-state index is -0.735. The van der Waals surface area contributed by atoms with E-state index in [1.54, 1.807) is 6.92 Å². The van der Waals surface area contributed by atoms with Crippen molar-refractivity contribution in [1.82, 2.24) is 0 Å². The summed E-state index contributed by atoms with van der Waals surface area (Å²) in [7, 11) is 0. The third-order valence-corrected chi connectivity index (χ3v) is 4.19. The second kappa shape index (κ2) is 7.71. The number of aryl methyl sites for hydroxylation is 2. The first kappa shape index (κ1) is 18.3. The van der Waals surface area contributed by atoms with E-state index >= 15 is 0 Å². The molecule has 4 nitrogen and oxygen atoms in total. The van der Waals surface area contributed by atoms with Gasteiger partial charge in [-0.3, -0.25) is 4.79 Å². The third kappa shape index (κ3) is 4.29. The summed E-state index contributed by atoms with van der Waals surface area (Å²) in [6, 6.07) is 9.86. The van der Waals surface area contributed by atoms with Crippen LogP contribution in [0.4, 0.5) is 0 Å². The lowest BCUT2D eigenvalue weighted by molar-refractivity contribution is -0.115. The lowest BCUT2D eigenvalue weighted by Gasteiger charge is -2.18. The van der Waals surface area contributed by atoms with Gasteiger partial charge in [0.1, 0.15) is 17.3 Å². The summed E-state index contributed by atoms with van der Waals surface area (Å²) in [5.74, 6) is -1.25. The molecular weight excluding hydrogens is 316 g/mol. The molecular formula is C21H22O4. The summed E-state index contributed by atoms with van der Waals surface area (Å²) in [5.41, 5.74) is 3.27. The molecule has 2 aromatic rings. The van der Waals surface area contributed by atoms with Crippen molar-refractivity contribution in [2.45, 2.75) is 26.7 Å². The van der Waals surface area contributed by atoms with Crippen molar-refractivity contribution in [3.8, 4) is 11.5 Å². The molecule has 0 saturated carbocycles. The van der Waals surface area contributed by atoms with Crippen molar-refractivity contribution in [1.29, 1.82) is 0 Å². The van der Waals surface area contributed by atoms with Gasteiger partial charge in [0.25, 0.3) is 0 Å². The highest BCUT2D eigenvalue weighted by Gasteiger charge is 2.24. The van der Waals surface area contributed by atoms with Crippen molar-refractivity contribution in [2.24, 2.45) is 0 Å². The van der Waals surface area contributed by atoms with Gasteiger partial charge in [-0.2, -0.15) is 0 Å². The predicted octanol–water partition coefficient (Wildman–Crippen LogP) is 4.43. The molecule has 0 aliphatic rings. The number of aliphatic hydroxyl groups is 1. The number of hydrogen-bond acceptors (Lipinski definition) is 4. The standard InChI is InChI=1S/C21H22O4/c1-4-16(22)8-10-19(24)21(15-6-5-13(2)14(3)11-15)18-9-7-17(23)12-20(18)25/h4-12,21-23,25H,1-3H3/b10-8-,16-4+. The molecule has 0 heterocycles. The normalized spacial score (nSPS) is 13.2. The Morgan fingerprint density at radius 1 is 1.00 bits per heavy atom. The Morgan fingerprint density at radius 3 is 2.32 bits per heavy atom. The van der Waals surface area contributed by atoms with E-state index in [2.05, 4.69) is 0 Å². The highest BCUT2D eigenvalue weighted by molar-refractivity contribution is 5.98. The van der Waals surface area contributed by atoms with E-state index < -0.39 is 5.92 Å². The Bertz CT molecular complexity index is 847. The average Bonchev–Trinajstić information content (AvgIpc) is 2.57. The van der Waals surface area contributed by atoms with E-state index in [4.69, 9.17) is 0 Å². The second-order valence-electron chi connectivity index (χ2n) is 5.97. The van der Waals surface area contributed by atoms with Gasteiger partial charge in [-0.25, -0.2) is 0 Å². The highest BCUT2D eigenvalue weighted by Crippen LogP contribution is 2.35. The maximum atomic E-state index is 12.8. The molecule has 130 valence electrons. The lowest BCUT2D eigenvalue weighted by Crippen LogP contribution is -2.12. The highest BCUT2D eigenvalue weighted by atomic mass is 16.3. The fourth-order valence-corrected chi connectivity index (χ4v) is 2.58. The zero-order valence-electron chi connectivity index (χ0n) is 14.5. The van der Waals surface area contributed by atoms with Crippen LogP contribution in [-0.2, 0) is 4.79 Å². The topological polar surface area (TPSA) is 77.8 Å². The van der Waals surface area contributed by atoms with E-state index in [9.17, 15) is 20.1 Å². The molecule has 4 heteroatoms. The van der Waals surface area contributed by atoms with Crippen LogP contribution in [0.15, 0.2) is 60.4 Å². The first-order valence-corrected chi connectivity index (χ1v) is 7.99. The van der Waals surface area contributed by atoms with Crippen LogP contribution in [0.2, 0.25) is 0 Å². The van der Waals surface area contributed by atoms with Gasteiger partial charge >= 0.3 is 0 Å². The molecule has 0 aliphatic carbocycles. The molecule has 1 unspecified atom stereocenters. The summed E-state index contributed by atoms with van der Waals surface area (Å²) >= 11 is 0. The van der Waals surface area contributed by atoms with E-state index in [1.165, 1.54) is 36.4 Å². The molecule has 0 fully saturated rings. The molecule has 0 radical (unpaired) electrons. The summed E-state index contributed by atoms with van der Waals surface area (Å²) in [5, 5.41) is 29.3. The molecule has 25 heavy (non-hydrogen) atoms. The first-order valence-electron chi connectivity index (χ1n) is 7.99. The molecule has 0 aromatic heterocycles. The number of phenols is 2. The average molecular weight is 338 g/mol. The molecule has 0 amide bonds. The van der Waals surface area contributed by atoms with Gasteiger partial charge in [-0.15, -0.1) is 0 Å². The second-order valence-corrected chi connectivity index (χ2v) is 5.97. The number of rotatable bonds is 5. The number of benzene rings is 2. The summed E-state index contributed by atoms with van der Waals surface area (Å²) in [4.78, 5) is 12.8. The molecule has 1 atom stereocenters. The van der Waals surface area contributed by atoms with Crippen LogP contribution in [0, 0.1) is 13.8 Å². The molecule has 3 N–H and O–H groups in total. The molecule has 0 spiro atoms. The fourth-order valence-electron chi connectivity index (χ4n) is 2.58. The van der Waals surface area contributed by atoms with E-state index in [-0.39, 0.29) is 23.0 Å². The van der Waals surface area contributed by atoms with Crippen molar-refractivity contribution in [3.63, 3.8) is 0 Å². The number of hydrogen-bond donors (Lipinski definition) is 3. The number of ketones is 1. The number of aromatic hydroxyl groups is 2. The Labute approximate surface area is 147 Å². The van der Waals surface area contributed by atoms with Crippen molar-refractivity contribution < 1.29 is 20.1 Å². The van der Waals surface area contributed by atoms with Crippen LogP contribution in [0.25, 0.3) is 0 Å². The third-order valence-electron chi connectivity index (χ3n) is 4.19. The van der Waals surface area contributed by atoms with Gasteiger partial charge in [0.2, 0.25) is 0 Å². The number of carbonyl (C=O) groups is 1. The van der Waals surface area contributed by atoms with Crippen LogP contribution in [0.1, 0.15) is 35.1 Å². The van der Waals surface area contributed by atoms with Crippen molar-refractivity contribution in [3.05, 3.63) is 82.6 Å². The largest absolute Gasteiger partial charge is 0.508 e. The molecule has 2 rings (SSSR count). The summed E-state index contributed by atoms with van der Waals surface area (Å²) < 4.78 is 0. The number of carbonyl (C=O) groups excluding carboxylic acids is 1. The maximum Gasteiger partial charge on any atom is 0.167 e. The van der Waals surface area contributed by atoms with Gasteiger partial charge in [0.05, 0.1) is 5.92 Å². The zero-order valence-corrected chi connectivity index (χ0v) is 14.5. The minimum absolute atomic E-state index is 0.0119. The van der Waals surface area contributed by atoms with Crippen molar-refractivity contribution in [2.75, 3.05) is 0 Å². The van der Waals surface area contributed by atoms with Crippen LogP contribution in [0.5, 0.6) is 11.5 Å². The van der Waals surface area contributed by atoms with E-state index in [0.717, 1.165) is 16.7 Å². The van der Waals surface area contributed by atoms with Crippen molar-refractivity contribution >= 4 is 5.78 Å². The Morgan fingerprint density at radius 2 is 1.72 bits per heavy atom. The smallest absolute Gasteiger partial charge is 0.167 e. The quantitative estimate of drug-likeness (QED) is 0.428. The minimum Gasteiger partial charge on any atom is -0.508 e. The van der Waals surface area contributed by atoms with E-state index in [1.807, 2.05) is 32.0 Å². The van der Waals surface area contributed by atoms with Gasteiger partial charge in [0, 0.05) is 11.6 Å². The summed E-state index contributed by atoms with van der Waals surface area (Å²) in [6.45, 7) is 5.60. The molecule has 0 bridgehead atoms. The number of allylic oxidation sites excluding steroid dienone is 3. The molecule has 0 saturated heterocycles. The van der Waals surface area contributed by atoms with Crippen LogP contribution < -0.4 is 0 Å². The monoisotopic (exact) mass is 338 g/mol. The SMILES string of the molecule is C/C=C(O)\C=C/C(=O)C(c1ccc(C)c(C)c1)c1ccc(O)cc1O. The van der Waals surface area contributed by atoms with Gasteiger partial charge in [-0.1, -0.05) is 24.3 Å². The van der Waals surface area contributed by atoms with Crippen LogP contribution >= 0.6 is 0 Å². The zero-order chi connectivity index (χ0) is 18.6. The van der Waals surface area contributed by atoms with Crippen LogP contribution in [0.3, 0.4) is 0 Å². The Hall–Kier alpha value is -3.01. The fraction of sp³-hybridized carbons (Fsp3) is 0.190. The lowest BCUT2D eigenvalue weighted by atomic mass is 9.85. The predicted molar refractivity (Wildman–Crippen MR) is 98.1 cm³/mol. The first-order chi connectivity index (χ1) is 11.8. The molecule has 0 aliphatic heterocycles. The number of aliphatic hydroxyl groups excluding tert-OH is 1. The van der Waals surface area contributed by atoms with Gasteiger partial charge in [0.15, 0.2) is 5.78 Å². The maximum absolute atomic E-state index is 12.8. The Balaban J connectivity index is 2.56. The van der Waals surface area contributed by atoms with Crippen LogP contribution in [-0.4, -0.2) is 21.1 Å². The summed E-state index contributed by atoms with van der Waals surface area (Å²) in [6.07, 6.45) is 4.10. The van der Waals surface area contributed by atoms with Gasteiger partial charge < -0.3 is 15.3 Å². The molecule has 2 aromatic carbocycles. The van der Waals surface area contributed by atoms with E-state index in [0.29, 0.717) is 5.56 Å². The number of phenolic OH excluding ortho intramolecular Hbond substituents is 2. The Kier molecular flexibility index (Phi) is 5.65.